The van der Waals surface area contributed by atoms with Crippen molar-refractivity contribution in [2.45, 2.75) is 31.9 Å². The summed E-state index contributed by atoms with van der Waals surface area (Å²) in [6.07, 6.45) is 3.08. The van der Waals surface area contributed by atoms with Crippen LogP contribution in [0.15, 0.2) is 0 Å². The van der Waals surface area contributed by atoms with Gasteiger partial charge in [-0.15, -0.1) is 11.3 Å². The number of nitrogen functional groups attached to an aromatic ring is 1. The second-order valence-electron chi connectivity index (χ2n) is 8.35. The number of likely N-dealkylation sites (N-methyl/N-ethyl adjacent to an activating group) is 1. The Kier molecular flexibility index (Phi) is 5.53. The van der Waals surface area contributed by atoms with E-state index in [1.54, 1.807) is 0 Å². The van der Waals surface area contributed by atoms with Crippen molar-refractivity contribution < 1.29 is 14.3 Å². The SMILES string of the molecule is CN1CCc2c(c(N3CCOCC3)nc3sc(C(=O)NC[C@@H]4CCCO4)c(N)c23)C1. The Labute approximate surface area is 180 Å². The van der Waals surface area contributed by atoms with Gasteiger partial charge >= 0.3 is 0 Å². The molecule has 5 heterocycles. The highest BCUT2D eigenvalue weighted by Gasteiger charge is 2.29. The molecule has 2 aromatic rings. The molecule has 2 fully saturated rings. The van der Waals surface area contributed by atoms with Crippen LogP contribution in [-0.2, 0) is 22.4 Å². The molecule has 0 unspecified atom stereocenters. The fourth-order valence-electron chi connectivity index (χ4n) is 4.64. The third kappa shape index (κ3) is 3.64. The smallest absolute Gasteiger partial charge is 0.263 e. The van der Waals surface area contributed by atoms with Gasteiger partial charge in [-0.05, 0) is 31.9 Å². The minimum atomic E-state index is -0.124. The van der Waals surface area contributed by atoms with Crippen molar-refractivity contribution in [2.24, 2.45) is 0 Å². The lowest BCUT2D eigenvalue weighted by Crippen LogP contribution is -2.39. The quantitative estimate of drug-likeness (QED) is 0.760. The second kappa shape index (κ2) is 8.30. The maximum atomic E-state index is 12.9. The van der Waals surface area contributed by atoms with Crippen molar-refractivity contribution in [2.75, 3.05) is 63.7 Å². The van der Waals surface area contributed by atoms with Crippen LogP contribution in [0, 0.1) is 0 Å². The highest BCUT2D eigenvalue weighted by molar-refractivity contribution is 7.21. The number of rotatable bonds is 4. The Bertz CT molecular complexity index is 950. The number of nitrogens with two attached hydrogens (primary N) is 1. The Hall–Kier alpha value is -1.94. The van der Waals surface area contributed by atoms with Crippen LogP contribution < -0.4 is 16.0 Å². The van der Waals surface area contributed by atoms with Crippen molar-refractivity contribution in [3.63, 3.8) is 0 Å². The molecule has 1 atom stereocenters. The molecule has 3 aliphatic heterocycles. The van der Waals surface area contributed by atoms with Crippen molar-refractivity contribution >= 4 is 39.0 Å². The minimum Gasteiger partial charge on any atom is -0.397 e. The molecule has 0 bridgehead atoms. The zero-order valence-corrected chi connectivity index (χ0v) is 18.2. The maximum absolute atomic E-state index is 12.9. The molecule has 0 saturated carbocycles. The van der Waals surface area contributed by atoms with Crippen molar-refractivity contribution in [1.82, 2.24) is 15.2 Å². The number of hydrogen-bond donors (Lipinski definition) is 2. The number of thiophene rings is 1. The molecule has 162 valence electrons. The molecule has 8 nitrogen and oxygen atoms in total. The summed E-state index contributed by atoms with van der Waals surface area (Å²) in [6.45, 7) is 6.24. The fourth-order valence-corrected chi connectivity index (χ4v) is 5.68. The number of carbonyl (C=O) groups excluding carboxylic acids is 1. The van der Waals surface area contributed by atoms with Gasteiger partial charge in [0.15, 0.2) is 0 Å². The van der Waals surface area contributed by atoms with Crippen LogP contribution in [0.4, 0.5) is 11.5 Å². The van der Waals surface area contributed by atoms with Crippen LogP contribution >= 0.6 is 11.3 Å². The van der Waals surface area contributed by atoms with Crippen LogP contribution in [-0.4, -0.2) is 74.9 Å². The van der Waals surface area contributed by atoms with E-state index in [-0.39, 0.29) is 12.0 Å². The van der Waals surface area contributed by atoms with E-state index in [0.29, 0.717) is 30.3 Å². The van der Waals surface area contributed by atoms with Crippen molar-refractivity contribution in [3.05, 3.63) is 16.0 Å². The number of fused-ring (bicyclic) bond motifs is 3. The number of nitrogens with one attached hydrogen (secondary N) is 1. The highest BCUT2D eigenvalue weighted by atomic mass is 32.1. The zero-order valence-electron chi connectivity index (χ0n) is 17.4. The van der Waals surface area contributed by atoms with E-state index in [1.807, 2.05) is 0 Å². The summed E-state index contributed by atoms with van der Waals surface area (Å²) >= 11 is 1.41. The fraction of sp³-hybridized carbons (Fsp3) is 0.619. The van der Waals surface area contributed by atoms with Gasteiger partial charge in [-0.1, -0.05) is 0 Å². The standard InChI is InChI=1S/C21H29N5O3S/c1-25-5-4-14-15(12-25)19(26-6-9-28-10-7-26)24-21-16(14)17(22)18(30-21)20(27)23-11-13-3-2-8-29-13/h13H,2-12,22H2,1H3,(H,23,27)/t13-/m0/s1. The number of carbonyl (C=O) groups is 1. The lowest BCUT2D eigenvalue weighted by molar-refractivity contribution is 0.0862. The van der Waals surface area contributed by atoms with Gasteiger partial charge < -0.3 is 30.3 Å². The second-order valence-corrected chi connectivity index (χ2v) is 9.35. The number of nitrogens with zero attached hydrogens (tertiary/aromatic N) is 3. The summed E-state index contributed by atoms with van der Waals surface area (Å²) in [5.74, 6) is 0.903. The number of ether oxygens (including phenoxy) is 2. The van der Waals surface area contributed by atoms with Gasteiger partial charge in [0.2, 0.25) is 0 Å². The third-order valence-electron chi connectivity index (χ3n) is 6.27. The molecule has 0 aromatic carbocycles. The van der Waals surface area contributed by atoms with E-state index in [1.165, 1.54) is 22.5 Å². The van der Waals surface area contributed by atoms with Crippen LogP contribution in [0.1, 0.15) is 33.6 Å². The van der Waals surface area contributed by atoms with Gasteiger partial charge in [0.05, 0.1) is 25.0 Å². The van der Waals surface area contributed by atoms with E-state index < -0.39 is 0 Å². The molecular weight excluding hydrogens is 402 g/mol. The van der Waals surface area contributed by atoms with Crippen LogP contribution in [0.25, 0.3) is 10.2 Å². The number of pyridine rings is 1. The minimum absolute atomic E-state index is 0.110. The largest absolute Gasteiger partial charge is 0.397 e. The lowest BCUT2D eigenvalue weighted by Gasteiger charge is -2.33. The number of aromatic nitrogens is 1. The summed E-state index contributed by atoms with van der Waals surface area (Å²) in [6, 6.07) is 0. The predicted molar refractivity (Wildman–Crippen MR) is 118 cm³/mol. The van der Waals surface area contributed by atoms with E-state index in [0.717, 1.165) is 68.1 Å². The van der Waals surface area contributed by atoms with E-state index >= 15 is 0 Å². The average molecular weight is 432 g/mol. The van der Waals surface area contributed by atoms with E-state index in [2.05, 4.69) is 22.2 Å². The lowest BCUT2D eigenvalue weighted by atomic mass is 9.96. The first-order chi connectivity index (χ1) is 14.6. The summed E-state index contributed by atoms with van der Waals surface area (Å²) in [4.78, 5) is 24.0. The first-order valence-corrected chi connectivity index (χ1v) is 11.6. The number of anilines is 2. The average Bonchev–Trinajstić information content (AvgIpc) is 3.40. The van der Waals surface area contributed by atoms with Crippen molar-refractivity contribution in [1.29, 1.82) is 0 Å². The van der Waals surface area contributed by atoms with Gasteiger partial charge in [0.1, 0.15) is 15.5 Å². The molecule has 2 saturated heterocycles. The molecule has 9 heteroatoms. The Morgan fingerprint density at radius 2 is 2.10 bits per heavy atom. The topological polar surface area (TPSA) is 93.0 Å². The van der Waals surface area contributed by atoms with Crippen LogP contribution in [0.3, 0.4) is 0 Å². The van der Waals surface area contributed by atoms with Gasteiger partial charge in [0, 0.05) is 50.3 Å². The molecular formula is C21H29N5O3S. The van der Waals surface area contributed by atoms with Crippen LogP contribution in [0.5, 0.6) is 0 Å². The summed E-state index contributed by atoms with van der Waals surface area (Å²) in [5, 5.41) is 3.99. The molecule has 0 spiro atoms. The molecule has 2 aromatic heterocycles. The number of amides is 1. The summed E-state index contributed by atoms with van der Waals surface area (Å²) < 4.78 is 11.2. The highest BCUT2D eigenvalue weighted by Crippen LogP contribution is 2.41. The molecule has 1 amide bonds. The van der Waals surface area contributed by atoms with Gasteiger partial charge in [0.25, 0.3) is 5.91 Å². The predicted octanol–water partition coefficient (Wildman–Crippen LogP) is 1.61. The molecule has 0 aliphatic carbocycles. The number of morpholine rings is 1. The Morgan fingerprint density at radius 1 is 1.27 bits per heavy atom. The van der Waals surface area contributed by atoms with Crippen LogP contribution in [0.2, 0.25) is 0 Å². The third-order valence-corrected chi connectivity index (χ3v) is 7.37. The summed E-state index contributed by atoms with van der Waals surface area (Å²) in [5.41, 5.74) is 9.61. The zero-order chi connectivity index (χ0) is 20.7. The maximum Gasteiger partial charge on any atom is 0.263 e. The van der Waals surface area contributed by atoms with Gasteiger partial charge in [-0.3, -0.25) is 4.79 Å². The molecule has 3 N–H and O–H groups in total. The summed E-state index contributed by atoms with van der Waals surface area (Å²) in [7, 11) is 2.14. The van der Waals surface area contributed by atoms with Gasteiger partial charge in [-0.2, -0.15) is 0 Å². The van der Waals surface area contributed by atoms with E-state index in [4.69, 9.17) is 20.2 Å². The first-order valence-electron chi connectivity index (χ1n) is 10.8. The number of hydrogen-bond acceptors (Lipinski definition) is 8. The molecule has 30 heavy (non-hydrogen) atoms. The first kappa shape index (κ1) is 20.0. The monoisotopic (exact) mass is 431 g/mol. The van der Waals surface area contributed by atoms with E-state index in [9.17, 15) is 4.79 Å². The normalized spacial score (nSPS) is 22.4. The molecule has 3 aliphatic rings. The molecule has 5 rings (SSSR count). The van der Waals surface area contributed by atoms with Gasteiger partial charge in [-0.25, -0.2) is 4.98 Å². The van der Waals surface area contributed by atoms with Crippen molar-refractivity contribution in [3.8, 4) is 0 Å². The Balaban J connectivity index is 1.52. The molecule has 0 radical (unpaired) electrons. The Morgan fingerprint density at radius 3 is 2.87 bits per heavy atom.